The Labute approximate surface area is 177 Å². The predicted molar refractivity (Wildman–Crippen MR) is 116 cm³/mol. The van der Waals surface area contributed by atoms with Crippen LogP contribution in [0.1, 0.15) is 11.4 Å². The minimum atomic E-state index is 0.610. The Morgan fingerprint density at radius 3 is 2.46 bits per heavy atom. The Hall–Kier alpha value is -2.27. The molecule has 2 aromatic carbocycles. The zero-order chi connectivity index (χ0) is 19.4. The molecular weight excluding hydrogens is 415 g/mol. The van der Waals surface area contributed by atoms with Gasteiger partial charge in [-0.1, -0.05) is 34.8 Å². The summed E-state index contributed by atoms with van der Waals surface area (Å²) >= 11 is 18.7. The van der Waals surface area contributed by atoms with Crippen LogP contribution in [0.3, 0.4) is 0 Å². The van der Waals surface area contributed by atoms with E-state index >= 15 is 0 Å². The molecule has 0 saturated heterocycles. The zero-order valence-electron chi connectivity index (χ0n) is 15.0. The SMILES string of the molecule is Cc1nc2c(c(-n3ccc4cc(Cl)ccc43)n1)CCN2c1ccc(Cl)cc1Cl. The molecule has 0 saturated carbocycles. The summed E-state index contributed by atoms with van der Waals surface area (Å²) < 4.78 is 2.10. The number of nitrogens with zero attached hydrogens (tertiary/aromatic N) is 4. The van der Waals surface area contributed by atoms with Gasteiger partial charge in [0.1, 0.15) is 17.5 Å². The Balaban J connectivity index is 1.68. The van der Waals surface area contributed by atoms with E-state index in [1.54, 1.807) is 6.07 Å². The number of aryl methyl sites for hydroxylation is 1. The Morgan fingerprint density at radius 2 is 1.64 bits per heavy atom. The molecule has 0 bridgehead atoms. The number of hydrogen-bond acceptors (Lipinski definition) is 3. The molecule has 0 radical (unpaired) electrons. The van der Waals surface area contributed by atoms with Gasteiger partial charge < -0.3 is 9.47 Å². The van der Waals surface area contributed by atoms with Gasteiger partial charge in [-0.05, 0) is 55.8 Å². The highest BCUT2D eigenvalue weighted by atomic mass is 35.5. The molecule has 1 aliphatic heterocycles. The first-order chi connectivity index (χ1) is 13.5. The molecule has 0 N–H and O–H groups in total. The Kier molecular flexibility index (Phi) is 4.23. The number of hydrogen-bond donors (Lipinski definition) is 0. The third-order valence-electron chi connectivity index (χ3n) is 5.00. The minimum absolute atomic E-state index is 0.610. The van der Waals surface area contributed by atoms with Crippen LogP contribution in [-0.2, 0) is 6.42 Å². The molecule has 0 spiro atoms. The average molecular weight is 430 g/mol. The van der Waals surface area contributed by atoms with E-state index in [0.717, 1.165) is 51.8 Å². The lowest BCUT2D eigenvalue weighted by molar-refractivity contribution is 0.942. The van der Waals surface area contributed by atoms with Crippen molar-refractivity contribution in [3.63, 3.8) is 0 Å². The van der Waals surface area contributed by atoms with Gasteiger partial charge in [-0.3, -0.25) is 0 Å². The fourth-order valence-corrected chi connectivity index (χ4v) is 4.47. The smallest absolute Gasteiger partial charge is 0.146 e. The first-order valence-electron chi connectivity index (χ1n) is 8.88. The lowest BCUT2D eigenvalue weighted by Crippen LogP contribution is -2.15. The van der Waals surface area contributed by atoms with Crippen LogP contribution < -0.4 is 4.90 Å². The van der Waals surface area contributed by atoms with Crippen LogP contribution >= 0.6 is 34.8 Å². The zero-order valence-corrected chi connectivity index (χ0v) is 17.2. The second-order valence-corrected chi connectivity index (χ2v) is 8.06. The van der Waals surface area contributed by atoms with Crippen molar-refractivity contribution in [1.29, 1.82) is 0 Å². The molecule has 2 aromatic heterocycles. The van der Waals surface area contributed by atoms with E-state index in [1.807, 2.05) is 49.5 Å². The van der Waals surface area contributed by atoms with Crippen LogP contribution in [0.15, 0.2) is 48.7 Å². The number of fused-ring (bicyclic) bond motifs is 2. The number of halogens is 3. The Morgan fingerprint density at radius 1 is 0.893 bits per heavy atom. The van der Waals surface area contributed by atoms with Gasteiger partial charge in [0.15, 0.2) is 0 Å². The van der Waals surface area contributed by atoms with E-state index in [0.29, 0.717) is 15.9 Å². The molecule has 4 aromatic rings. The second-order valence-electron chi connectivity index (χ2n) is 6.78. The van der Waals surface area contributed by atoms with Gasteiger partial charge in [0, 0.05) is 33.7 Å². The third kappa shape index (κ3) is 2.84. The van der Waals surface area contributed by atoms with Crippen LogP contribution in [0, 0.1) is 6.92 Å². The summed E-state index contributed by atoms with van der Waals surface area (Å²) in [5.41, 5.74) is 3.06. The fourth-order valence-electron chi connectivity index (χ4n) is 3.77. The van der Waals surface area contributed by atoms with Crippen LogP contribution in [0.5, 0.6) is 0 Å². The maximum absolute atomic E-state index is 6.46. The highest BCUT2D eigenvalue weighted by Crippen LogP contribution is 2.40. The topological polar surface area (TPSA) is 34.0 Å². The predicted octanol–water partition coefficient (Wildman–Crippen LogP) is 6.38. The third-order valence-corrected chi connectivity index (χ3v) is 5.77. The molecule has 3 heterocycles. The molecule has 4 nitrogen and oxygen atoms in total. The number of aromatic nitrogens is 3. The van der Waals surface area contributed by atoms with Crippen LogP contribution in [0.2, 0.25) is 15.1 Å². The minimum Gasteiger partial charge on any atom is -0.324 e. The molecule has 0 unspecified atom stereocenters. The first-order valence-corrected chi connectivity index (χ1v) is 10.0. The van der Waals surface area contributed by atoms with Crippen LogP contribution in [-0.4, -0.2) is 21.1 Å². The van der Waals surface area contributed by atoms with Crippen molar-refractivity contribution < 1.29 is 0 Å². The number of anilines is 2. The molecule has 140 valence electrons. The molecule has 28 heavy (non-hydrogen) atoms. The van der Waals surface area contributed by atoms with Crippen LogP contribution in [0.25, 0.3) is 16.7 Å². The van der Waals surface area contributed by atoms with E-state index in [-0.39, 0.29) is 0 Å². The monoisotopic (exact) mass is 428 g/mol. The van der Waals surface area contributed by atoms with Gasteiger partial charge in [0.25, 0.3) is 0 Å². The lowest BCUT2D eigenvalue weighted by Gasteiger charge is -2.20. The average Bonchev–Trinajstić information content (AvgIpc) is 3.25. The summed E-state index contributed by atoms with van der Waals surface area (Å²) in [6.45, 7) is 2.69. The molecule has 0 amide bonds. The number of rotatable bonds is 2. The van der Waals surface area contributed by atoms with Crippen molar-refractivity contribution in [2.75, 3.05) is 11.4 Å². The first kappa shape index (κ1) is 17.8. The van der Waals surface area contributed by atoms with Gasteiger partial charge in [0.2, 0.25) is 0 Å². The number of benzene rings is 2. The quantitative estimate of drug-likeness (QED) is 0.370. The summed E-state index contributed by atoms with van der Waals surface area (Å²) in [5.74, 6) is 2.50. The van der Waals surface area contributed by atoms with E-state index in [4.69, 9.17) is 44.8 Å². The van der Waals surface area contributed by atoms with Crippen molar-refractivity contribution in [2.45, 2.75) is 13.3 Å². The van der Waals surface area contributed by atoms with Crippen molar-refractivity contribution in [2.24, 2.45) is 0 Å². The van der Waals surface area contributed by atoms with Gasteiger partial charge in [-0.15, -0.1) is 0 Å². The lowest BCUT2D eigenvalue weighted by atomic mass is 10.2. The van der Waals surface area contributed by atoms with E-state index in [2.05, 4.69) is 9.47 Å². The van der Waals surface area contributed by atoms with Crippen LogP contribution in [0.4, 0.5) is 11.5 Å². The molecule has 0 aliphatic carbocycles. The summed E-state index contributed by atoms with van der Waals surface area (Å²) in [6.07, 6.45) is 2.86. The molecule has 5 rings (SSSR count). The highest BCUT2D eigenvalue weighted by molar-refractivity contribution is 6.36. The molecule has 1 aliphatic rings. The van der Waals surface area contributed by atoms with Gasteiger partial charge in [-0.2, -0.15) is 0 Å². The van der Waals surface area contributed by atoms with Gasteiger partial charge in [0.05, 0.1) is 16.2 Å². The normalized spacial score (nSPS) is 13.4. The van der Waals surface area contributed by atoms with E-state index in [1.165, 1.54) is 0 Å². The van der Waals surface area contributed by atoms with Gasteiger partial charge >= 0.3 is 0 Å². The fraction of sp³-hybridized carbons (Fsp3) is 0.143. The van der Waals surface area contributed by atoms with E-state index in [9.17, 15) is 0 Å². The maximum Gasteiger partial charge on any atom is 0.146 e. The maximum atomic E-state index is 6.46. The molecule has 0 atom stereocenters. The summed E-state index contributed by atoms with van der Waals surface area (Å²) in [5, 5.41) is 3.02. The summed E-state index contributed by atoms with van der Waals surface area (Å²) in [7, 11) is 0. The standard InChI is InChI=1S/C21H15Cl3N4/c1-12-25-20(27-8-6-13-10-14(22)2-4-18(13)27)16-7-9-28(21(16)26-12)19-5-3-15(23)11-17(19)24/h2-6,8,10-11H,7,9H2,1H3. The summed E-state index contributed by atoms with van der Waals surface area (Å²) in [4.78, 5) is 11.6. The van der Waals surface area contributed by atoms with E-state index < -0.39 is 0 Å². The largest absolute Gasteiger partial charge is 0.324 e. The Bertz CT molecular complexity index is 1230. The van der Waals surface area contributed by atoms with Crippen molar-refractivity contribution >= 4 is 57.2 Å². The summed E-state index contributed by atoms with van der Waals surface area (Å²) in [6, 6.07) is 13.5. The van der Waals surface area contributed by atoms with Gasteiger partial charge in [-0.25, -0.2) is 9.97 Å². The molecule has 0 fully saturated rings. The van der Waals surface area contributed by atoms with Crippen molar-refractivity contribution in [3.05, 3.63) is 75.1 Å². The second kappa shape index (κ2) is 6.66. The van der Waals surface area contributed by atoms with Crippen molar-refractivity contribution in [3.8, 4) is 5.82 Å². The molecular formula is C21H15Cl3N4. The highest BCUT2D eigenvalue weighted by Gasteiger charge is 2.28. The molecule has 7 heteroatoms. The van der Waals surface area contributed by atoms with Crippen molar-refractivity contribution in [1.82, 2.24) is 14.5 Å².